The van der Waals surface area contributed by atoms with E-state index in [1.54, 1.807) is 0 Å². The molecule has 0 radical (unpaired) electrons. The Kier molecular flexibility index (Phi) is 5.62. The van der Waals surface area contributed by atoms with Crippen molar-refractivity contribution in [1.82, 2.24) is 15.2 Å². The predicted octanol–water partition coefficient (Wildman–Crippen LogP) is 4.40. The standard InChI is InChI=1S/C23H25F2N3O/c1-15-7-8-19(22(25)21(15)24)23(29)27-12-16-4-3-11-28(13-16)14-17-5-2-6-20-18(17)9-10-26-20/h2,5-10,16,26H,3-4,11-14H2,1H3,(H,27,29). The molecule has 0 bridgehead atoms. The molecule has 2 aromatic carbocycles. The van der Waals surface area contributed by atoms with Crippen LogP contribution in [0.3, 0.4) is 0 Å². The lowest BCUT2D eigenvalue weighted by atomic mass is 9.97. The van der Waals surface area contributed by atoms with Crippen molar-refractivity contribution in [3.05, 3.63) is 70.9 Å². The van der Waals surface area contributed by atoms with E-state index in [0.717, 1.165) is 38.0 Å². The van der Waals surface area contributed by atoms with Crippen LogP contribution < -0.4 is 5.32 Å². The molecule has 2 N–H and O–H groups in total. The largest absolute Gasteiger partial charge is 0.361 e. The maximum atomic E-state index is 14.0. The van der Waals surface area contributed by atoms with Gasteiger partial charge in [0.25, 0.3) is 5.91 Å². The number of hydrogen-bond acceptors (Lipinski definition) is 2. The first-order chi connectivity index (χ1) is 14.0. The van der Waals surface area contributed by atoms with Crippen LogP contribution in [0.1, 0.15) is 34.3 Å². The van der Waals surface area contributed by atoms with Gasteiger partial charge in [-0.2, -0.15) is 0 Å². The normalized spacial score (nSPS) is 17.6. The number of likely N-dealkylation sites (tertiary alicyclic amines) is 1. The molecular weight excluding hydrogens is 372 g/mol. The number of hydrogen-bond donors (Lipinski definition) is 2. The van der Waals surface area contributed by atoms with Gasteiger partial charge < -0.3 is 10.3 Å². The number of carbonyl (C=O) groups excluding carboxylic acids is 1. The molecule has 152 valence electrons. The number of carbonyl (C=O) groups is 1. The first-order valence-electron chi connectivity index (χ1n) is 10.0. The molecule has 1 fully saturated rings. The fourth-order valence-corrected chi connectivity index (χ4v) is 4.14. The third kappa shape index (κ3) is 4.17. The maximum Gasteiger partial charge on any atom is 0.254 e. The fraction of sp³-hybridized carbons (Fsp3) is 0.348. The number of benzene rings is 2. The average Bonchev–Trinajstić information content (AvgIpc) is 3.21. The summed E-state index contributed by atoms with van der Waals surface area (Å²) in [6.07, 6.45) is 4.02. The van der Waals surface area contributed by atoms with E-state index in [0.29, 0.717) is 6.54 Å². The number of aromatic nitrogens is 1. The second kappa shape index (κ2) is 8.33. The van der Waals surface area contributed by atoms with E-state index in [-0.39, 0.29) is 17.0 Å². The van der Waals surface area contributed by atoms with E-state index < -0.39 is 17.5 Å². The van der Waals surface area contributed by atoms with E-state index in [1.165, 1.54) is 30.0 Å². The lowest BCUT2D eigenvalue weighted by Crippen LogP contribution is -2.40. The lowest BCUT2D eigenvalue weighted by molar-refractivity contribution is 0.0925. The molecule has 1 aromatic heterocycles. The zero-order valence-electron chi connectivity index (χ0n) is 16.5. The van der Waals surface area contributed by atoms with E-state index in [1.807, 2.05) is 6.20 Å². The summed E-state index contributed by atoms with van der Waals surface area (Å²) < 4.78 is 27.8. The number of aromatic amines is 1. The predicted molar refractivity (Wildman–Crippen MR) is 110 cm³/mol. The minimum atomic E-state index is -1.08. The zero-order chi connectivity index (χ0) is 20.4. The van der Waals surface area contributed by atoms with Crippen molar-refractivity contribution in [2.45, 2.75) is 26.3 Å². The Morgan fingerprint density at radius 2 is 2.07 bits per heavy atom. The van der Waals surface area contributed by atoms with Crippen LogP contribution in [0, 0.1) is 24.5 Å². The number of H-pyrrole nitrogens is 1. The van der Waals surface area contributed by atoms with Gasteiger partial charge in [-0.05, 0) is 61.6 Å². The number of aryl methyl sites for hydroxylation is 1. The highest BCUT2D eigenvalue weighted by molar-refractivity contribution is 5.94. The van der Waals surface area contributed by atoms with Crippen molar-refractivity contribution in [2.75, 3.05) is 19.6 Å². The molecule has 4 rings (SSSR count). The van der Waals surface area contributed by atoms with Gasteiger partial charge in [-0.25, -0.2) is 8.78 Å². The molecule has 1 aliphatic heterocycles. The lowest BCUT2D eigenvalue weighted by Gasteiger charge is -2.33. The zero-order valence-corrected chi connectivity index (χ0v) is 16.5. The Labute approximate surface area is 168 Å². The first-order valence-corrected chi connectivity index (χ1v) is 10.0. The Bertz CT molecular complexity index is 1030. The summed E-state index contributed by atoms with van der Waals surface area (Å²) in [5, 5.41) is 4.02. The number of piperidine rings is 1. The molecule has 1 saturated heterocycles. The number of amides is 1. The van der Waals surface area contributed by atoms with E-state index >= 15 is 0 Å². The quantitative estimate of drug-likeness (QED) is 0.671. The minimum absolute atomic E-state index is 0.194. The molecule has 2 heterocycles. The van der Waals surface area contributed by atoms with Gasteiger partial charge in [0.1, 0.15) is 0 Å². The second-order valence-corrected chi connectivity index (χ2v) is 7.87. The van der Waals surface area contributed by atoms with Crippen molar-refractivity contribution in [2.24, 2.45) is 5.92 Å². The van der Waals surface area contributed by atoms with Crippen molar-refractivity contribution in [3.63, 3.8) is 0 Å². The molecule has 6 heteroatoms. The Hall–Kier alpha value is -2.73. The number of fused-ring (bicyclic) bond motifs is 1. The van der Waals surface area contributed by atoms with E-state index in [4.69, 9.17) is 0 Å². The summed E-state index contributed by atoms with van der Waals surface area (Å²) in [5.74, 6) is -2.31. The van der Waals surface area contributed by atoms with Gasteiger partial charge in [0.2, 0.25) is 0 Å². The van der Waals surface area contributed by atoms with Crippen LogP contribution in [0.5, 0.6) is 0 Å². The van der Waals surface area contributed by atoms with Crippen LogP contribution in [0.15, 0.2) is 42.6 Å². The summed E-state index contributed by atoms with van der Waals surface area (Å²) in [6.45, 7) is 4.68. The summed E-state index contributed by atoms with van der Waals surface area (Å²) in [4.78, 5) is 18.0. The van der Waals surface area contributed by atoms with Crippen LogP contribution in [0.4, 0.5) is 8.78 Å². The molecular formula is C23H25F2N3O. The van der Waals surface area contributed by atoms with Gasteiger partial charge in [-0.3, -0.25) is 9.69 Å². The topological polar surface area (TPSA) is 48.1 Å². The summed E-state index contributed by atoms with van der Waals surface area (Å²) in [6, 6.07) is 11.1. The van der Waals surface area contributed by atoms with Gasteiger partial charge in [-0.1, -0.05) is 18.2 Å². The van der Waals surface area contributed by atoms with Crippen LogP contribution in [-0.4, -0.2) is 35.4 Å². The van der Waals surface area contributed by atoms with E-state index in [2.05, 4.69) is 39.5 Å². The van der Waals surface area contributed by atoms with Crippen molar-refractivity contribution < 1.29 is 13.6 Å². The summed E-state index contributed by atoms with van der Waals surface area (Å²) >= 11 is 0. The van der Waals surface area contributed by atoms with Crippen molar-refractivity contribution in [1.29, 1.82) is 0 Å². The highest BCUT2D eigenvalue weighted by Crippen LogP contribution is 2.23. The Morgan fingerprint density at radius 3 is 2.93 bits per heavy atom. The highest BCUT2D eigenvalue weighted by Gasteiger charge is 2.23. The van der Waals surface area contributed by atoms with Gasteiger partial charge in [-0.15, -0.1) is 0 Å². The molecule has 1 atom stereocenters. The number of rotatable bonds is 5. The maximum absolute atomic E-state index is 14.0. The molecule has 4 nitrogen and oxygen atoms in total. The molecule has 0 spiro atoms. The van der Waals surface area contributed by atoms with Crippen LogP contribution in [-0.2, 0) is 6.54 Å². The number of halogens is 2. The van der Waals surface area contributed by atoms with Crippen molar-refractivity contribution in [3.8, 4) is 0 Å². The third-order valence-corrected chi connectivity index (χ3v) is 5.75. The van der Waals surface area contributed by atoms with Gasteiger partial charge in [0.15, 0.2) is 11.6 Å². The minimum Gasteiger partial charge on any atom is -0.361 e. The molecule has 29 heavy (non-hydrogen) atoms. The summed E-state index contributed by atoms with van der Waals surface area (Å²) in [5.41, 5.74) is 2.38. The Balaban J connectivity index is 1.36. The second-order valence-electron chi connectivity index (χ2n) is 7.87. The molecule has 0 aliphatic carbocycles. The van der Waals surface area contributed by atoms with Crippen molar-refractivity contribution >= 4 is 16.8 Å². The molecule has 1 unspecified atom stereocenters. The number of nitrogens with one attached hydrogen (secondary N) is 2. The molecule has 1 amide bonds. The van der Waals surface area contributed by atoms with Gasteiger partial charge in [0.05, 0.1) is 5.56 Å². The summed E-state index contributed by atoms with van der Waals surface area (Å²) in [7, 11) is 0. The van der Waals surface area contributed by atoms with Gasteiger partial charge in [0, 0.05) is 36.7 Å². The van der Waals surface area contributed by atoms with Gasteiger partial charge >= 0.3 is 0 Å². The monoisotopic (exact) mass is 397 g/mol. The van der Waals surface area contributed by atoms with E-state index in [9.17, 15) is 13.6 Å². The smallest absolute Gasteiger partial charge is 0.254 e. The number of nitrogens with zero attached hydrogens (tertiary/aromatic N) is 1. The molecule has 3 aromatic rings. The van der Waals surface area contributed by atoms with Crippen LogP contribution in [0.2, 0.25) is 0 Å². The molecule has 1 aliphatic rings. The van der Waals surface area contributed by atoms with Crippen LogP contribution in [0.25, 0.3) is 10.9 Å². The van der Waals surface area contributed by atoms with Crippen LogP contribution >= 0.6 is 0 Å². The fourth-order valence-electron chi connectivity index (χ4n) is 4.14. The Morgan fingerprint density at radius 1 is 1.21 bits per heavy atom. The SMILES string of the molecule is Cc1ccc(C(=O)NCC2CCCN(Cc3cccc4[nH]ccc34)C2)c(F)c1F. The molecule has 0 saturated carbocycles. The first kappa shape index (κ1) is 19.6. The third-order valence-electron chi connectivity index (χ3n) is 5.75. The highest BCUT2D eigenvalue weighted by atomic mass is 19.2. The average molecular weight is 397 g/mol.